The highest BCUT2D eigenvalue weighted by molar-refractivity contribution is 6.07. The number of aromatic nitrogens is 2. The number of pyridine rings is 2. The van der Waals surface area contributed by atoms with Crippen LogP contribution < -0.4 is 21.3 Å². The van der Waals surface area contributed by atoms with Gasteiger partial charge in [0, 0.05) is 49.8 Å². The Balaban J connectivity index is 1.58. The van der Waals surface area contributed by atoms with E-state index in [2.05, 4.69) is 20.6 Å². The van der Waals surface area contributed by atoms with Crippen LogP contribution in [0.3, 0.4) is 0 Å². The SMILES string of the molecule is Cc1ccc(C(=O)Nc2ccc(NCCc3cccc(N)n3)cc2)c(N(C)C)n1. The maximum Gasteiger partial charge on any atom is 0.259 e. The third-order valence-corrected chi connectivity index (χ3v) is 4.36. The zero-order chi connectivity index (χ0) is 20.8. The molecule has 0 aliphatic rings. The molecule has 3 aromatic rings. The number of hydrogen-bond donors (Lipinski definition) is 3. The highest BCUT2D eigenvalue weighted by atomic mass is 16.1. The van der Waals surface area contributed by atoms with Crippen LogP contribution in [0.25, 0.3) is 0 Å². The van der Waals surface area contributed by atoms with Gasteiger partial charge in [-0.1, -0.05) is 6.07 Å². The lowest BCUT2D eigenvalue weighted by molar-refractivity contribution is 0.102. The van der Waals surface area contributed by atoms with Gasteiger partial charge >= 0.3 is 0 Å². The molecule has 3 rings (SSSR count). The number of rotatable bonds is 7. The van der Waals surface area contributed by atoms with Crippen molar-refractivity contribution in [2.75, 3.05) is 41.9 Å². The van der Waals surface area contributed by atoms with E-state index in [-0.39, 0.29) is 5.91 Å². The number of nitrogens with zero attached hydrogens (tertiary/aromatic N) is 3. The Hall–Kier alpha value is -3.61. The minimum Gasteiger partial charge on any atom is -0.385 e. The van der Waals surface area contributed by atoms with Crippen molar-refractivity contribution >= 4 is 28.9 Å². The van der Waals surface area contributed by atoms with Crippen molar-refractivity contribution in [3.8, 4) is 0 Å². The number of benzene rings is 1. The van der Waals surface area contributed by atoms with E-state index < -0.39 is 0 Å². The first-order chi connectivity index (χ1) is 13.9. The molecule has 7 nitrogen and oxygen atoms in total. The molecule has 0 aliphatic heterocycles. The Bertz CT molecular complexity index is 985. The first-order valence-electron chi connectivity index (χ1n) is 9.44. The number of carbonyl (C=O) groups is 1. The van der Waals surface area contributed by atoms with Gasteiger partial charge in [0.2, 0.25) is 0 Å². The third kappa shape index (κ3) is 5.44. The molecule has 0 fully saturated rings. The van der Waals surface area contributed by atoms with Gasteiger partial charge in [-0.05, 0) is 55.5 Å². The zero-order valence-corrected chi connectivity index (χ0v) is 16.9. The van der Waals surface area contributed by atoms with E-state index in [4.69, 9.17) is 5.73 Å². The van der Waals surface area contributed by atoms with Gasteiger partial charge in [-0.2, -0.15) is 0 Å². The number of nitrogen functional groups attached to an aromatic ring is 1. The minimum absolute atomic E-state index is 0.186. The van der Waals surface area contributed by atoms with Crippen molar-refractivity contribution < 1.29 is 4.79 Å². The Kier molecular flexibility index (Phi) is 6.29. The van der Waals surface area contributed by atoms with Crippen LogP contribution in [0.15, 0.2) is 54.6 Å². The Morgan fingerprint density at radius 1 is 1.00 bits per heavy atom. The molecular formula is C22H26N6O. The van der Waals surface area contributed by atoms with Crippen molar-refractivity contribution in [2.24, 2.45) is 0 Å². The Labute approximate surface area is 171 Å². The van der Waals surface area contributed by atoms with Crippen molar-refractivity contribution in [3.63, 3.8) is 0 Å². The number of carbonyl (C=O) groups excluding carboxylic acids is 1. The van der Waals surface area contributed by atoms with Crippen LogP contribution in [-0.4, -0.2) is 36.5 Å². The maximum atomic E-state index is 12.7. The monoisotopic (exact) mass is 390 g/mol. The van der Waals surface area contributed by atoms with Crippen molar-refractivity contribution in [1.82, 2.24) is 9.97 Å². The molecule has 0 aliphatic carbocycles. The topological polar surface area (TPSA) is 96.2 Å². The predicted molar refractivity (Wildman–Crippen MR) is 119 cm³/mol. The molecule has 1 amide bonds. The summed E-state index contributed by atoms with van der Waals surface area (Å²) < 4.78 is 0. The van der Waals surface area contributed by atoms with Crippen molar-refractivity contribution in [3.05, 3.63) is 71.5 Å². The lowest BCUT2D eigenvalue weighted by Crippen LogP contribution is -2.20. The fourth-order valence-corrected chi connectivity index (χ4v) is 2.90. The summed E-state index contributed by atoms with van der Waals surface area (Å²) in [5.41, 5.74) is 9.75. The van der Waals surface area contributed by atoms with Crippen LogP contribution in [0.1, 0.15) is 21.7 Å². The normalized spacial score (nSPS) is 10.4. The molecule has 0 radical (unpaired) electrons. The summed E-state index contributed by atoms with van der Waals surface area (Å²) in [5, 5.41) is 6.28. The molecule has 150 valence electrons. The first-order valence-corrected chi connectivity index (χ1v) is 9.44. The van der Waals surface area contributed by atoms with Crippen LogP contribution in [0.4, 0.5) is 23.0 Å². The third-order valence-electron chi connectivity index (χ3n) is 4.36. The van der Waals surface area contributed by atoms with Crippen LogP contribution in [0.2, 0.25) is 0 Å². The summed E-state index contributed by atoms with van der Waals surface area (Å²) in [4.78, 5) is 23.3. The minimum atomic E-state index is -0.186. The molecule has 0 atom stereocenters. The highest BCUT2D eigenvalue weighted by Crippen LogP contribution is 2.19. The van der Waals surface area contributed by atoms with E-state index in [1.165, 1.54) is 0 Å². The molecule has 2 aromatic heterocycles. The predicted octanol–water partition coefficient (Wildman–Crippen LogP) is 3.34. The summed E-state index contributed by atoms with van der Waals surface area (Å²) in [7, 11) is 3.75. The van der Waals surface area contributed by atoms with E-state index in [1.807, 2.05) is 68.4 Å². The molecule has 29 heavy (non-hydrogen) atoms. The van der Waals surface area contributed by atoms with Gasteiger partial charge in [0.1, 0.15) is 11.6 Å². The largest absolute Gasteiger partial charge is 0.385 e. The molecule has 0 saturated carbocycles. The summed E-state index contributed by atoms with van der Waals surface area (Å²) in [6.07, 6.45) is 0.775. The lowest BCUT2D eigenvalue weighted by atomic mass is 10.2. The molecule has 4 N–H and O–H groups in total. The molecule has 7 heteroatoms. The number of aryl methyl sites for hydroxylation is 1. The summed E-state index contributed by atoms with van der Waals surface area (Å²) >= 11 is 0. The summed E-state index contributed by atoms with van der Waals surface area (Å²) in [6, 6.07) is 16.9. The Morgan fingerprint density at radius 2 is 1.72 bits per heavy atom. The number of nitrogens with two attached hydrogens (primary N) is 1. The van der Waals surface area contributed by atoms with E-state index in [0.717, 1.165) is 35.7 Å². The van der Waals surface area contributed by atoms with Crippen molar-refractivity contribution in [2.45, 2.75) is 13.3 Å². The smallest absolute Gasteiger partial charge is 0.259 e. The number of anilines is 4. The zero-order valence-electron chi connectivity index (χ0n) is 16.9. The summed E-state index contributed by atoms with van der Waals surface area (Å²) in [5.74, 6) is 0.995. The molecule has 0 saturated heterocycles. The first kappa shape index (κ1) is 20.1. The molecule has 0 bridgehead atoms. The van der Waals surface area contributed by atoms with Crippen LogP contribution in [0.5, 0.6) is 0 Å². The fraction of sp³-hybridized carbons (Fsp3) is 0.227. The van der Waals surface area contributed by atoms with E-state index in [9.17, 15) is 4.79 Å². The lowest BCUT2D eigenvalue weighted by Gasteiger charge is -2.16. The number of nitrogens with one attached hydrogen (secondary N) is 2. The quantitative estimate of drug-likeness (QED) is 0.573. The summed E-state index contributed by atoms with van der Waals surface area (Å²) in [6.45, 7) is 2.65. The second-order valence-corrected chi connectivity index (χ2v) is 6.98. The highest BCUT2D eigenvalue weighted by Gasteiger charge is 2.14. The molecule has 2 heterocycles. The fourth-order valence-electron chi connectivity index (χ4n) is 2.90. The molecular weight excluding hydrogens is 364 g/mol. The van der Waals surface area contributed by atoms with Gasteiger partial charge in [0.15, 0.2) is 0 Å². The van der Waals surface area contributed by atoms with Crippen LogP contribution in [0, 0.1) is 6.92 Å². The molecule has 0 spiro atoms. The van der Waals surface area contributed by atoms with Crippen molar-refractivity contribution in [1.29, 1.82) is 0 Å². The van der Waals surface area contributed by atoms with E-state index in [0.29, 0.717) is 17.2 Å². The maximum absolute atomic E-state index is 12.7. The second kappa shape index (κ2) is 9.05. The van der Waals surface area contributed by atoms with E-state index >= 15 is 0 Å². The second-order valence-electron chi connectivity index (χ2n) is 6.98. The average molecular weight is 390 g/mol. The van der Waals surface area contributed by atoms with E-state index in [1.54, 1.807) is 12.1 Å². The van der Waals surface area contributed by atoms with Gasteiger partial charge in [0.05, 0.1) is 5.56 Å². The standard InChI is InChI=1S/C22H26N6O/c1-15-7-12-19(21(25-15)28(2)3)22(29)27-18-10-8-16(9-11-18)24-14-13-17-5-4-6-20(23)26-17/h4-12,24H,13-14H2,1-3H3,(H2,23,26)(H,27,29). The van der Waals surface area contributed by atoms with Gasteiger partial charge in [-0.3, -0.25) is 4.79 Å². The van der Waals surface area contributed by atoms with Crippen LogP contribution in [-0.2, 0) is 6.42 Å². The van der Waals surface area contributed by atoms with Gasteiger partial charge in [-0.25, -0.2) is 9.97 Å². The van der Waals surface area contributed by atoms with Crippen LogP contribution >= 0.6 is 0 Å². The molecule has 1 aromatic carbocycles. The average Bonchev–Trinajstić information content (AvgIpc) is 2.69. The van der Waals surface area contributed by atoms with Gasteiger partial charge < -0.3 is 21.3 Å². The van der Waals surface area contributed by atoms with Gasteiger partial charge in [0.25, 0.3) is 5.91 Å². The number of amides is 1. The number of hydrogen-bond acceptors (Lipinski definition) is 6. The Morgan fingerprint density at radius 3 is 2.41 bits per heavy atom. The molecule has 0 unspecified atom stereocenters. The van der Waals surface area contributed by atoms with Gasteiger partial charge in [-0.15, -0.1) is 0 Å².